The third-order valence-corrected chi connectivity index (χ3v) is 0.573. The van der Waals surface area contributed by atoms with Gasteiger partial charge in [-0.15, -0.1) is 0 Å². The van der Waals surface area contributed by atoms with Gasteiger partial charge in [0, 0.05) is 0 Å². The fourth-order valence-corrected chi connectivity index (χ4v) is 0.186. The summed E-state index contributed by atoms with van der Waals surface area (Å²) in [6.45, 7) is 1.58. The lowest BCUT2D eigenvalue weighted by atomic mass is 10.4. The molecule has 0 aliphatic carbocycles. The summed E-state index contributed by atoms with van der Waals surface area (Å²) in [5, 5.41) is 0. The fraction of sp³-hybridized carbons (Fsp3) is 0.750. The number of hydrogen-bond donors (Lipinski definition) is 3. The number of nitrogens with two attached hydrogens (primary N) is 1. The molecule has 0 aliphatic rings. The highest BCUT2D eigenvalue weighted by molar-refractivity contribution is 7.79. The zero-order chi connectivity index (χ0) is 10.4. The van der Waals surface area contributed by atoms with Gasteiger partial charge in [0.05, 0.1) is 7.11 Å². The Balaban J connectivity index is 0. The minimum absolute atomic E-state index is 0.375. The Morgan fingerprint density at radius 2 is 1.75 bits per heavy atom. The van der Waals surface area contributed by atoms with Crippen LogP contribution in [-0.4, -0.2) is 36.6 Å². The summed E-state index contributed by atoms with van der Waals surface area (Å²) in [5.41, 5.74) is 5.07. The quantitative estimate of drug-likeness (QED) is 0.361. The minimum Gasteiger partial charge on any atom is -0.468 e. The monoisotopic (exact) mass is 201 g/mol. The molecule has 4 N–H and O–H groups in total. The first-order valence-corrected chi connectivity index (χ1v) is 4.11. The van der Waals surface area contributed by atoms with Crippen LogP contribution < -0.4 is 5.73 Å². The second-order valence-electron chi connectivity index (χ2n) is 1.76. The summed E-state index contributed by atoms with van der Waals surface area (Å²) in [5.74, 6) is -0.375. The SMILES string of the molecule is COC(=O)[C@H](C)N.O=S(=O)(O)O. The molecule has 0 amide bonds. The highest BCUT2D eigenvalue weighted by atomic mass is 32.3. The van der Waals surface area contributed by atoms with Crippen molar-refractivity contribution in [3.05, 3.63) is 0 Å². The number of ether oxygens (including phenoxy) is 1. The van der Waals surface area contributed by atoms with Gasteiger partial charge in [-0.3, -0.25) is 13.9 Å². The molecule has 0 saturated heterocycles. The number of hydrogen-bond acceptors (Lipinski definition) is 5. The maximum atomic E-state index is 10.2. The van der Waals surface area contributed by atoms with Crippen LogP contribution in [0.5, 0.6) is 0 Å². The van der Waals surface area contributed by atoms with E-state index in [0.29, 0.717) is 0 Å². The smallest absolute Gasteiger partial charge is 0.394 e. The molecular formula is C4H11NO6S. The van der Waals surface area contributed by atoms with Crippen LogP contribution in [0.3, 0.4) is 0 Å². The van der Waals surface area contributed by atoms with Gasteiger partial charge in [0.1, 0.15) is 6.04 Å². The second kappa shape index (κ2) is 5.89. The molecule has 12 heavy (non-hydrogen) atoms. The molecule has 0 bridgehead atoms. The largest absolute Gasteiger partial charge is 0.468 e. The number of rotatable bonds is 1. The van der Waals surface area contributed by atoms with Crippen molar-refractivity contribution in [2.24, 2.45) is 5.73 Å². The Hall–Kier alpha value is -0.700. The fourth-order valence-electron chi connectivity index (χ4n) is 0.186. The summed E-state index contributed by atoms with van der Waals surface area (Å²) in [6.07, 6.45) is 0. The van der Waals surface area contributed by atoms with Crippen LogP contribution in [-0.2, 0) is 19.9 Å². The number of carbonyl (C=O) groups is 1. The maximum Gasteiger partial charge on any atom is 0.394 e. The molecule has 8 heteroatoms. The van der Waals surface area contributed by atoms with Crippen molar-refractivity contribution < 1.29 is 27.1 Å². The van der Waals surface area contributed by atoms with Crippen LogP contribution in [0.15, 0.2) is 0 Å². The Kier molecular flexibility index (Phi) is 6.80. The highest BCUT2D eigenvalue weighted by Crippen LogP contribution is 1.76. The van der Waals surface area contributed by atoms with E-state index in [9.17, 15) is 4.79 Å². The zero-order valence-electron chi connectivity index (χ0n) is 6.59. The average Bonchev–Trinajstić information content (AvgIpc) is 1.82. The van der Waals surface area contributed by atoms with Gasteiger partial charge in [0.15, 0.2) is 0 Å². The first-order valence-electron chi connectivity index (χ1n) is 2.71. The van der Waals surface area contributed by atoms with E-state index in [4.69, 9.17) is 23.3 Å². The first-order chi connectivity index (χ1) is 5.18. The predicted molar refractivity (Wildman–Crippen MR) is 39.8 cm³/mol. The standard InChI is InChI=1S/C4H9NO2.H2O4S/c1-3(5)4(6)7-2;1-5(2,3)4/h3H,5H2,1-2H3;(H2,1,2,3,4)/t3-;/m0./s1. The van der Waals surface area contributed by atoms with Gasteiger partial charge >= 0.3 is 16.4 Å². The van der Waals surface area contributed by atoms with Crippen LogP contribution in [0.1, 0.15) is 6.92 Å². The molecule has 7 nitrogen and oxygen atoms in total. The van der Waals surface area contributed by atoms with Crippen molar-refractivity contribution in [2.75, 3.05) is 7.11 Å². The average molecular weight is 201 g/mol. The van der Waals surface area contributed by atoms with E-state index in [1.165, 1.54) is 7.11 Å². The number of carbonyl (C=O) groups excluding carboxylic acids is 1. The van der Waals surface area contributed by atoms with Crippen LogP contribution in [0, 0.1) is 0 Å². The van der Waals surface area contributed by atoms with E-state index in [1.54, 1.807) is 6.92 Å². The van der Waals surface area contributed by atoms with Crippen molar-refractivity contribution in [1.29, 1.82) is 0 Å². The molecule has 0 unspecified atom stereocenters. The summed E-state index contributed by atoms with van der Waals surface area (Å²) < 4.78 is 35.8. The first kappa shape index (κ1) is 13.9. The van der Waals surface area contributed by atoms with E-state index in [0.717, 1.165) is 0 Å². The van der Waals surface area contributed by atoms with Gasteiger partial charge in [0.2, 0.25) is 0 Å². The van der Waals surface area contributed by atoms with Crippen molar-refractivity contribution >= 4 is 16.4 Å². The second-order valence-corrected chi connectivity index (χ2v) is 2.66. The van der Waals surface area contributed by atoms with E-state index in [-0.39, 0.29) is 5.97 Å². The molecular weight excluding hydrogens is 190 g/mol. The lowest BCUT2D eigenvalue weighted by Gasteiger charge is -1.98. The molecule has 0 heterocycles. The van der Waals surface area contributed by atoms with Crippen molar-refractivity contribution in [2.45, 2.75) is 13.0 Å². The Morgan fingerprint density at radius 1 is 1.50 bits per heavy atom. The summed E-state index contributed by atoms with van der Waals surface area (Å²) in [6, 6.07) is -0.495. The van der Waals surface area contributed by atoms with Crippen molar-refractivity contribution in [3.8, 4) is 0 Å². The van der Waals surface area contributed by atoms with E-state index in [1.807, 2.05) is 0 Å². The van der Waals surface area contributed by atoms with Crippen molar-refractivity contribution in [1.82, 2.24) is 0 Å². The van der Waals surface area contributed by atoms with Gasteiger partial charge in [-0.05, 0) is 6.92 Å². The van der Waals surface area contributed by atoms with Gasteiger partial charge in [-0.25, -0.2) is 0 Å². The Bertz CT molecular complexity index is 212. The van der Waals surface area contributed by atoms with Crippen LogP contribution >= 0.6 is 0 Å². The van der Waals surface area contributed by atoms with Gasteiger partial charge < -0.3 is 10.5 Å². The molecule has 0 saturated carbocycles. The lowest BCUT2D eigenvalue weighted by molar-refractivity contribution is -0.141. The van der Waals surface area contributed by atoms with Crippen LogP contribution in [0.2, 0.25) is 0 Å². The van der Waals surface area contributed by atoms with Crippen LogP contribution in [0.25, 0.3) is 0 Å². The van der Waals surface area contributed by atoms with E-state index >= 15 is 0 Å². The molecule has 0 aromatic rings. The molecule has 0 spiro atoms. The van der Waals surface area contributed by atoms with Crippen molar-refractivity contribution in [3.63, 3.8) is 0 Å². The predicted octanol–water partition coefficient (Wildman–Crippen LogP) is -1.15. The topological polar surface area (TPSA) is 127 Å². The molecule has 0 aromatic heterocycles. The molecule has 0 radical (unpaired) electrons. The number of methoxy groups -OCH3 is 1. The number of esters is 1. The minimum atomic E-state index is -4.67. The van der Waals surface area contributed by atoms with Gasteiger partial charge in [-0.1, -0.05) is 0 Å². The summed E-state index contributed by atoms with van der Waals surface area (Å²) >= 11 is 0. The zero-order valence-corrected chi connectivity index (χ0v) is 7.41. The van der Waals surface area contributed by atoms with E-state index < -0.39 is 16.4 Å². The highest BCUT2D eigenvalue weighted by Gasteiger charge is 2.03. The van der Waals surface area contributed by atoms with E-state index in [2.05, 4.69) is 4.74 Å². The Labute approximate surface area is 70.1 Å². The molecule has 0 rings (SSSR count). The summed E-state index contributed by atoms with van der Waals surface area (Å²) in [7, 11) is -3.36. The Morgan fingerprint density at radius 3 is 1.75 bits per heavy atom. The molecule has 0 fully saturated rings. The summed E-state index contributed by atoms with van der Waals surface area (Å²) in [4.78, 5) is 10.2. The normalized spacial score (nSPS) is 12.4. The van der Waals surface area contributed by atoms with Gasteiger partial charge in [-0.2, -0.15) is 8.42 Å². The third-order valence-electron chi connectivity index (χ3n) is 0.573. The maximum absolute atomic E-state index is 10.2. The lowest BCUT2D eigenvalue weighted by Crippen LogP contribution is -2.27. The van der Waals surface area contributed by atoms with Gasteiger partial charge in [0.25, 0.3) is 0 Å². The molecule has 0 aromatic carbocycles. The molecule has 0 aliphatic heterocycles. The molecule has 74 valence electrons. The third kappa shape index (κ3) is 22.8. The van der Waals surface area contributed by atoms with Crippen LogP contribution in [0.4, 0.5) is 0 Å². The molecule has 1 atom stereocenters.